The molecule has 0 bridgehead atoms. The zero-order valence-electron chi connectivity index (χ0n) is 16.2. The van der Waals surface area contributed by atoms with E-state index in [0.29, 0.717) is 17.1 Å². The molecule has 1 amide bonds. The molecule has 3 aromatic rings. The molecule has 29 heavy (non-hydrogen) atoms. The van der Waals surface area contributed by atoms with Crippen molar-refractivity contribution in [2.45, 2.75) is 25.5 Å². The van der Waals surface area contributed by atoms with E-state index >= 15 is 0 Å². The van der Waals surface area contributed by atoms with E-state index < -0.39 is 5.97 Å². The number of furan rings is 1. The molecule has 0 saturated heterocycles. The number of methoxy groups -OCH3 is 1. The summed E-state index contributed by atoms with van der Waals surface area (Å²) >= 11 is 0. The molecule has 1 unspecified atom stereocenters. The largest absolute Gasteiger partial charge is 0.450 e. The lowest BCUT2D eigenvalue weighted by Gasteiger charge is -2.18. The molecule has 1 aliphatic carbocycles. The summed E-state index contributed by atoms with van der Waals surface area (Å²) in [5.74, 6) is -0.502. The van der Waals surface area contributed by atoms with Gasteiger partial charge in [0.15, 0.2) is 6.61 Å². The maximum Gasteiger partial charge on any atom is 0.375 e. The Morgan fingerprint density at radius 2 is 1.83 bits per heavy atom. The first-order valence-electron chi connectivity index (χ1n) is 9.68. The maximum absolute atomic E-state index is 12.6. The molecule has 1 aliphatic rings. The van der Waals surface area contributed by atoms with E-state index in [1.807, 2.05) is 48.5 Å². The SMILES string of the molecule is COCc1c(C(=O)OCC(=O)NC(c2ccccc2)C2CC2)oc2ccccc12. The van der Waals surface area contributed by atoms with Crippen LogP contribution in [0, 0.1) is 5.92 Å². The minimum Gasteiger partial charge on any atom is -0.450 e. The molecular formula is C23H23NO5. The van der Waals surface area contributed by atoms with Crippen LogP contribution in [0.2, 0.25) is 0 Å². The van der Waals surface area contributed by atoms with Crippen LogP contribution in [-0.4, -0.2) is 25.6 Å². The van der Waals surface area contributed by atoms with Gasteiger partial charge in [-0.1, -0.05) is 48.5 Å². The van der Waals surface area contributed by atoms with Crippen LogP contribution in [0.4, 0.5) is 0 Å². The molecule has 1 atom stereocenters. The summed E-state index contributed by atoms with van der Waals surface area (Å²) in [5, 5.41) is 3.79. The van der Waals surface area contributed by atoms with Crippen LogP contribution in [0.15, 0.2) is 59.0 Å². The Balaban J connectivity index is 1.42. The third-order valence-corrected chi connectivity index (χ3v) is 5.08. The molecule has 2 aromatic carbocycles. The first-order chi connectivity index (χ1) is 14.2. The van der Waals surface area contributed by atoms with E-state index in [9.17, 15) is 9.59 Å². The number of hydrogen-bond acceptors (Lipinski definition) is 5. The zero-order valence-corrected chi connectivity index (χ0v) is 16.2. The number of fused-ring (bicyclic) bond motifs is 1. The fraction of sp³-hybridized carbons (Fsp3) is 0.304. The standard InChI is InChI=1S/C23H23NO5/c1-27-13-18-17-9-5-6-10-19(17)29-22(18)23(26)28-14-20(25)24-21(16-11-12-16)15-7-3-2-4-8-15/h2-10,16,21H,11-14H2,1H3,(H,24,25). The Hall–Kier alpha value is -3.12. The van der Waals surface area contributed by atoms with Crippen LogP contribution in [-0.2, 0) is 20.9 Å². The summed E-state index contributed by atoms with van der Waals surface area (Å²) in [6, 6.07) is 17.1. The molecule has 4 rings (SSSR count). The number of carbonyl (C=O) groups is 2. The van der Waals surface area contributed by atoms with E-state index in [4.69, 9.17) is 13.9 Å². The molecule has 1 fully saturated rings. The van der Waals surface area contributed by atoms with Crippen LogP contribution < -0.4 is 5.32 Å². The van der Waals surface area contributed by atoms with Crippen LogP contribution in [0.3, 0.4) is 0 Å². The highest BCUT2D eigenvalue weighted by Crippen LogP contribution is 2.40. The van der Waals surface area contributed by atoms with Crippen molar-refractivity contribution in [2.75, 3.05) is 13.7 Å². The lowest BCUT2D eigenvalue weighted by molar-refractivity contribution is -0.125. The van der Waals surface area contributed by atoms with E-state index in [2.05, 4.69) is 5.32 Å². The van der Waals surface area contributed by atoms with Crippen molar-refractivity contribution in [3.05, 3.63) is 71.5 Å². The fourth-order valence-electron chi connectivity index (χ4n) is 3.53. The monoisotopic (exact) mass is 393 g/mol. The second kappa shape index (κ2) is 8.49. The number of benzene rings is 2. The average Bonchev–Trinajstić information content (AvgIpc) is 3.53. The minimum absolute atomic E-state index is 0.0577. The third-order valence-electron chi connectivity index (χ3n) is 5.08. The molecule has 1 aromatic heterocycles. The summed E-state index contributed by atoms with van der Waals surface area (Å²) in [6.07, 6.45) is 2.16. The van der Waals surface area contributed by atoms with Crippen LogP contribution >= 0.6 is 0 Å². The first kappa shape index (κ1) is 19.2. The molecule has 1 heterocycles. The predicted molar refractivity (Wildman–Crippen MR) is 107 cm³/mol. The minimum atomic E-state index is -0.675. The second-order valence-electron chi connectivity index (χ2n) is 7.21. The zero-order chi connectivity index (χ0) is 20.2. The number of ether oxygens (including phenoxy) is 2. The Kier molecular flexibility index (Phi) is 5.62. The third kappa shape index (κ3) is 4.32. The molecule has 1 saturated carbocycles. The van der Waals surface area contributed by atoms with Crippen molar-refractivity contribution in [3.8, 4) is 0 Å². The van der Waals surface area contributed by atoms with E-state index in [-0.39, 0.29) is 30.9 Å². The van der Waals surface area contributed by atoms with Gasteiger partial charge in [0.1, 0.15) is 5.58 Å². The maximum atomic E-state index is 12.6. The van der Waals surface area contributed by atoms with E-state index in [1.54, 1.807) is 13.2 Å². The van der Waals surface area contributed by atoms with Gasteiger partial charge in [-0.25, -0.2) is 4.79 Å². The highest BCUT2D eigenvalue weighted by atomic mass is 16.5. The highest BCUT2D eigenvalue weighted by Gasteiger charge is 2.33. The lowest BCUT2D eigenvalue weighted by atomic mass is 10.0. The van der Waals surface area contributed by atoms with Crippen LogP contribution in [0.5, 0.6) is 0 Å². The Labute approximate surface area is 168 Å². The average molecular weight is 393 g/mol. The Morgan fingerprint density at radius 3 is 2.55 bits per heavy atom. The van der Waals surface area contributed by atoms with Gasteiger partial charge >= 0.3 is 5.97 Å². The summed E-state index contributed by atoms with van der Waals surface area (Å²) in [5.41, 5.74) is 2.26. The molecule has 0 radical (unpaired) electrons. The van der Waals surface area contributed by atoms with Gasteiger partial charge in [0.05, 0.1) is 12.6 Å². The number of carbonyl (C=O) groups excluding carboxylic acids is 2. The lowest BCUT2D eigenvalue weighted by Crippen LogP contribution is -2.33. The normalized spacial score (nSPS) is 14.5. The number of rotatable bonds is 8. The number of hydrogen-bond donors (Lipinski definition) is 1. The van der Waals surface area contributed by atoms with Crippen LogP contribution in [0.1, 0.15) is 40.6 Å². The van der Waals surface area contributed by atoms with Crippen molar-refractivity contribution in [1.29, 1.82) is 0 Å². The molecule has 6 nitrogen and oxygen atoms in total. The number of amides is 1. The van der Waals surface area contributed by atoms with E-state index in [1.165, 1.54) is 0 Å². The van der Waals surface area contributed by atoms with Gasteiger partial charge < -0.3 is 19.2 Å². The first-order valence-corrected chi connectivity index (χ1v) is 9.68. The van der Waals surface area contributed by atoms with Gasteiger partial charge in [-0.2, -0.15) is 0 Å². The second-order valence-corrected chi connectivity index (χ2v) is 7.21. The molecular weight excluding hydrogens is 370 g/mol. The summed E-state index contributed by atoms with van der Waals surface area (Å²) in [6.45, 7) is -0.149. The summed E-state index contributed by atoms with van der Waals surface area (Å²) in [4.78, 5) is 25.0. The molecule has 1 N–H and O–H groups in total. The van der Waals surface area contributed by atoms with Crippen molar-refractivity contribution >= 4 is 22.8 Å². The number of para-hydroxylation sites is 1. The quantitative estimate of drug-likeness (QED) is 0.585. The predicted octanol–water partition coefficient (Wildman–Crippen LogP) is 4.00. The highest BCUT2D eigenvalue weighted by molar-refractivity contribution is 5.96. The van der Waals surface area contributed by atoms with Gasteiger partial charge in [0.25, 0.3) is 5.91 Å². The van der Waals surface area contributed by atoms with Gasteiger partial charge in [-0.3, -0.25) is 4.79 Å². The van der Waals surface area contributed by atoms with Crippen molar-refractivity contribution < 1.29 is 23.5 Å². The van der Waals surface area contributed by atoms with Crippen molar-refractivity contribution in [2.24, 2.45) is 5.92 Å². The van der Waals surface area contributed by atoms with Crippen molar-refractivity contribution in [3.63, 3.8) is 0 Å². The van der Waals surface area contributed by atoms with Gasteiger partial charge in [-0.05, 0) is 30.4 Å². The molecule has 150 valence electrons. The van der Waals surface area contributed by atoms with Gasteiger partial charge in [0, 0.05) is 18.1 Å². The number of esters is 1. The summed E-state index contributed by atoms with van der Waals surface area (Å²) < 4.78 is 16.1. The van der Waals surface area contributed by atoms with Gasteiger partial charge in [-0.15, -0.1) is 0 Å². The molecule has 0 aliphatic heterocycles. The molecule has 0 spiro atoms. The fourth-order valence-corrected chi connectivity index (χ4v) is 3.53. The van der Waals surface area contributed by atoms with Crippen molar-refractivity contribution in [1.82, 2.24) is 5.32 Å². The summed E-state index contributed by atoms with van der Waals surface area (Å²) in [7, 11) is 1.55. The topological polar surface area (TPSA) is 77.8 Å². The van der Waals surface area contributed by atoms with Crippen LogP contribution in [0.25, 0.3) is 11.0 Å². The Bertz CT molecular complexity index is 1010. The Morgan fingerprint density at radius 1 is 1.10 bits per heavy atom. The smallest absolute Gasteiger partial charge is 0.375 e. The van der Waals surface area contributed by atoms with Gasteiger partial charge in [0.2, 0.25) is 5.76 Å². The molecule has 6 heteroatoms. The van der Waals surface area contributed by atoms with E-state index in [0.717, 1.165) is 23.8 Å². The number of nitrogens with one attached hydrogen (secondary N) is 1.